The standard InChI is InChI=1S/C41H45NO18/c1-20(43)53-19-40-31(56-22(3)45)28(47)27-30(55-21(2)44)41(40)39(7,52)32(29(33(40)57-23(4)46)58-34(48)24-12-9-8-10-13-24)59-36(50)37(5,51)16-15-26-25(14-11-17-42-26)35(49)54-18-38(27,6)60-41/h8-14,17,27,29-33,51-52H,15-16,18-19H2,1-7H3/t27-,29+,30-,31-,32+,33+,37-,38+,39+,40-,41+/m1/s1. The molecule has 6 rings (SSSR count). The summed E-state index contributed by atoms with van der Waals surface area (Å²) < 4.78 is 47.8. The van der Waals surface area contributed by atoms with Crippen LogP contribution in [0.25, 0.3) is 0 Å². The zero-order valence-electron chi connectivity index (χ0n) is 33.8. The zero-order valence-corrected chi connectivity index (χ0v) is 33.8. The zero-order chi connectivity index (χ0) is 44.2. The molecule has 19 nitrogen and oxygen atoms in total. The van der Waals surface area contributed by atoms with Gasteiger partial charge in [-0.25, -0.2) is 14.4 Å². The third kappa shape index (κ3) is 7.07. The minimum Gasteiger partial charge on any atom is -0.465 e. The number of aryl methyl sites for hydroxylation is 1. The number of hydrogen-bond donors (Lipinski definition) is 2. The summed E-state index contributed by atoms with van der Waals surface area (Å²) in [4.78, 5) is 114. The number of hydrogen-bond acceptors (Lipinski definition) is 19. The third-order valence-electron chi connectivity index (χ3n) is 11.6. The number of carbonyl (C=O) groups is 8. The number of fused-ring (bicyclic) bond motifs is 5. The van der Waals surface area contributed by atoms with Gasteiger partial charge in [-0.15, -0.1) is 0 Å². The minimum atomic E-state index is -2.99. The largest absolute Gasteiger partial charge is 0.465 e. The lowest BCUT2D eigenvalue weighted by Crippen LogP contribution is -2.88. The number of cyclic esters (lactones) is 1. The number of pyridine rings is 1. The van der Waals surface area contributed by atoms with E-state index in [4.69, 9.17) is 37.9 Å². The van der Waals surface area contributed by atoms with Crippen LogP contribution in [0.2, 0.25) is 0 Å². The van der Waals surface area contributed by atoms with E-state index in [-0.39, 0.29) is 23.2 Å². The molecule has 2 aromatic rings. The molecule has 2 saturated carbocycles. The quantitative estimate of drug-likeness (QED) is 0.290. The van der Waals surface area contributed by atoms with Crippen molar-refractivity contribution in [3.8, 4) is 0 Å². The highest BCUT2D eigenvalue weighted by Crippen LogP contribution is 2.69. The van der Waals surface area contributed by atoms with Crippen LogP contribution in [0.15, 0.2) is 48.7 Å². The van der Waals surface area contributed by atoms with Gasteiger partial charge in [-0.3, -0.25) is 29.0 Å². The van der Waals surface area contributed by atoms with Crippen LogP contribution in [-0.2, 0) is 73.1 Å². The van der Waals surface area contributed by atoms with Gasteiger partial charge in [0.15, 0.2) is 41.4 Å². The fraction of sp³-hybridized carbons (Fsp3) is 0.537. The summed E-state index contributed by atoms with van der Waals surface area (Å²) in [5.41, 5.74) is -13.4. The van der Waals surface area contributed by atoms with Gasteiger partial charge in [-0.2, -0.15) is 0 Å². The molecule has 3 fully saturated rings. The Morgan fingerprint density at radius 3 is 2.07 bits per heavy atom. The Morgan fingerprint density at radius 2 is 1.45 bits per heavy atom. The van der Waals surface area contributed by atoms with Crippen molar-refractivity contribution in [1.29, 1.82) is 0 Å². The first-order chi connectivity index (χ1) is 28.0. The molecule has 19 heteroatoms. The molecular formula is C41H45NO18. The van der Waals surface area contributed by atoms with Crippen LogP contribution in [0.1, 0.15) is 81.3 Å². The molecule has 2 aliphatic carbocycles. The number of benzene rings is 1. The molecule has 1 saturated heterocycles. The van der Waals surface area contributed by atoms with Crippen molar-refractivity contribution in [2.24, 2.45) is 11.3 Å². The molecule has 4 bridgehead atoms. The van der Waals surface area contributed by atoms with Gasteiger partial charge in [0, 0.05) is 33.9 Å². The van der Waals surface area contributed by atoms with E-state index >= 15 is 4.79 Å². The lowest BCUT2D eigenvalue weighted by atomic mass is 9.45. The van der Waals surface area contributed by atoms with Crippen LogP contribution in [0.4, 0.5) is 0 Å². The molecule has 3 heterocycles. The summed E-state index contributed by atoms with van der Waals surface area (Å²) in [7, 11) is 0. The normalized spacial score (nSPS) is 35.9. The van der Waals surface area contributed by atoms with Crippen molar-refractivity contribution in [3.05, 3.63) is 65.5 Å². The Hall–Kier alpha value is -5.79. The van der Waals surface area contributed by atoms with Crippen LogP contribution >= 0.6 is 0 Å². The van der Waals surface area contributed by atoms with Crippen molar-refractivity contribution in [3.63, 3.8) is 0 Å². The second kappa shape index (κ2) is 15.7. The maximum atomic E-state index is 15.3. The molecule has 0 unspecified atom stereocenters. The Kier molecular flexibility index (Phi) is 11.4. The summed E-state index contributed by atoms with van der Waals surface area (Å²) in [6, 6.07) is 10.1. The Labute approximate surface area is 342 Å². The van der Waals surface area contributed by atoms with Gasteiger partial charge in [-0.1, -0.05) is 18.2 Å². The smallest absolute Gasteiger partial charge is 0.340 e. The van der Waals surface area contributed by atoms with Crippen LogP contribution < -0.4 is 0 Å². The number of esters is 7. The molecule has 1 spiro atoms. The van der Waals surface area contributed by atoms with E-state index in [2.05, 4.69) is 4.98 Å². The lowest BCUT2D eigenvalue weighted by molar-refractivity contribution is -0.376. The van der Waals surface area contributed by atoms with E-state index in [1.54, 1.807) is 6.07 Å². The summed E-state index contributed by atoms with van der Waals surface area (Å²) in [6.07, 6.45) is -10.4. The first kappa shape index (κ1) is 43.8. The van der Waals surface area contributed by atoms with E-state index in [9.17, 15) is 43.8 Å². The topological polar surface area (TPSA) is 264 Å². The fourth-order valence-electron chi connectivity index (χ4n) is 9.17. The second-order valence-electron chi connectivity index (χ2n) is 16.0. The SMILES string of the molecule is CC(=O)OC[C@]12[C@H](OC(C)=O)C(=O)[C@@H]3[C@@H](OC(C)=O)[C@@]14O[C@@]3(C)COC(=O)c1cccnc1CC[C@@](C)(O)C(=O)O[C@@H]([C@H](OC(=O)c1ccccc1)[C@@H]2OC(C)=O)[C@]4(C)O. The Balaban J connectivity index is 1.75. The van der Waals surface area contributed by atoms with E-state index in [1.165, 1.54) is 49.5 Å². The molecule has 1 aromatic carbocycles. The molecule has 0 amide bonds. The van der Waals surface area contributed by atoms with Crippen LogP contribution in [0, 0.1) is 11.3 Å². The molecule has 0 radical (unpaired) electrons. The fourth-order valence-corrected chi connectivity index (χ4v) is 9.17. The van der Waals surface area contributed by atoms with Gasteiger partial charge < -0.3 is 48.1 Å². The third-order valence-corrected chi connectivity index (χ3v) is 11.6. The summed E-state index contributed by atoms with van der Waals surface area (Å²) >= 11 is 0. The Morgan fingerprint density at radius 1 is 0.817 bits per heavy atom. The molecule has 60 heavy (non-hydrogen) atoms. The van der Waals surface area contributed by atoms with E-state index in [0.29, 0.717) is 0 Å². The molecule has 2 aliphatic heterocycles. The van der Waals surface area contributed by atoms with Gasteiger partial charge in [0.2, 0.25) is 0 Å². The van der Waals surface area contributed by atoms with E-state index < -0.39 is 131 Å². The summed E-state index contributed by atoms with van der Waals surface area (Å²) in [5.74, 6) is -10.9. The number of nitrogens with zero attached hydrogens (tertiary/aromatic N) is 1. The monoisotopic (exact) mass is 839 g/mol. The highest BCUT2D eigenvalue weighted by atomic mass is 16.7. The number of ketones is 1. The van der Waals surface area contributed by atoms with Crippen LogP contribution in [0.5, 0.6) is 0 Å². The molecule has 322 valence electrons. The number of ether oxygens (including phenoxy) is 8. The first-order valence-electron chi connectivity index (χ1n) is 19.0. The predicted molar refractivity (Wildman–Crippen MR) is 196 cm³/mol. The van der Waals surface area contributed by atoms with E-state index in [1.807, 2.05) is 0 Å². The highest BCUT2D eigenvalue weighted by molar-refractivity contribution is 5.94. The van der Waals surface area contributed by atoms with Gasteiger partial charge in [0.05, 0.1) is 22.7 Å². The van der Waals surface area contributed by atoms with Gasteiger partial charge in [-0.05, 0) is 57.9 Å². The number of carbonyl (C=O) groups excluding carboxylic acids is 8. The minimum absolute atomic E-state index is 0.0831. The number of Topliss-reactive ketones (excluding diaryl/α,β-unsaturated/α-hetero) is 1. The van der Waals surface area contributed by atoms with E-state index in [0.717, 1.165) is 41.5 Å². The van der Waals surface area contributed by atoms with Crippen molar-refractivity contribution in [1.82, 2.24) is 4.98 Å². The molecule has 4 aliphatic rings. The van der Waals surface area contributed by atoms with Crippen LogP contribution in [-0.4, -0.2) is 129 Å². The predicted octanol–water partition coefficient (Wildman–Crippen LogP) is 0.909. The van der Waals surface area contributed by atoms with Crippen molar-refractivity contribution < 1.29 is 86.5 Å². The van der Waals surface area contributed by atoms with Crippen molar-refractivity contribution >= 4 is 47.6 Å². The molecule has 11 atom stereocenters. The molecule has 1 aromatic heterocycles. The number of aromatic nitrogens is 1. The van der Waals surface area contributed by atoms with Gasteiger partial charge in [0.25, 0.3) is 0 Å². The second-order valence-corrected chi connectivity index (χ2v) is 16.0. The molecule has 2 N–H and O–H groups in total. The first-order valence-corrected chi connectivity index (χ1v) is 19.0. The maximum absolute atomic E-state index is 15.3. The summed E-state index contributed by atoms with van der Waals surface area (Å²) in [5, 5.41) is 25.1. The Bertz CT molecular complexity index is 2120. The van der Waals surface area contributed by atoms with Gasteiger partial charge >= 0.3 is 41.8 Å². The maximum Gasteiger partial charge on any atom is 0.340 e. The molecular weight excluding hydrogens is 794 g/mol. The number of rotatable bonds is 7. The van der Waals surface area contributed by atoms with Crippen LogP contribution in [0.3, 0.4) is 0 Å². The average molecular weight is 840 g/mol. The lowest BCUT2D eigenvalue weighted by Gasteiger charge is -2.66. The highest BCUT2D eigenvalue weighted by Gasteiger charge is 2.91. The van der Waals surface area contributed by atoms with Gasteiger partial charge in [0.1, 0.15) is 35.9 Å². The average Bonchev–Trinajstić information content (AvgIpc) is 3.40. The summed E-state index contributed by atoms with van der Waals surface area (Å²) in [6.45, 7) is 5.11. The van der Waals surface area contributed by atoms with Crippen molar-refractivity contribution in [2.45, 2.75) is 114 Å². The number of aliphatic hydroxyl groups is 2. The van der Waals surface area contributed by atoms with Crippen molar-refractivity contribution in [2.75, 3.05) is 13.2 Å².